The molecule has 4 atom stereocenters. The molecule has 1 fully saturated rings. The molecule has 6 N–H and O–H groups in total. The van der Waals surface area contributed by atoms with Crippen molar-refractivity contribution in [2.75, 3.05) is 23.6 Å². The fourth-order valence-corrected chi connectivity index (χ4v) is 10.7. The van der Waals surface area contributed by atoms with Crippen LogP contribution >= 0.6 is 11.3 Å². The Bertz CT molecular complexity index is 3390. The maximum absolute atomic E-state index is 14.1. The number of carbonyl (C=O) groups excluding carboxylic acids is 3. The Morgan fingerprint density at radius 3 is 2.29 bits per heavy atom. The summed E-state index contributed by atoms with van der Waals surface area (Å²) in [6.45, 7) is 9.73. The zero-order valence-corrected chi connectivity index (χ0v) is 45.6. The molecule has 8 rings (SSSR count). The number of alkyl halides is 2. The van der Waals surface area contributed by atoms with Gasteiger partial charge in [0.2, 0.25) is 17.7 Å². The minimum atomic E-state index is -5.08. The number of aliphatic hydroxyl groups is 1. The van der Waals surface area contributed by atoms with Crippen LogP contribution in [0.1, 0.15) is 82.7 Å². The Hall–Kier alpha value is -7.56. The van der Waals surface area contributed by atoms with Gasteiger partial charge in [0.1, 0.15) is 47.0 Å². The number of fused-ring (bicyclic) bond motifs is 1. The second-order valence-corrected chi connectivity index (χ2v) is 22.8. The minimum absolute atomic E-state index is 0.0239. The molecule has 78 heavy (non-hydrogen) atoms. The van der Waals surface area contributed by atoms with E-state index in [1.165, 1.54) is 47.4 Å². The molecule has 1 aliphatic rings. The van der Waals surface area contributed by atoms with Crippen LogP contribution in [0.2, 0.25) is 0 Å². The van der Waals surface area contributed by atoms with E-state index in [0.29, 0.717) is 64.9 Å². The molecule has 0 unspecified atom stereocenters. The smallest absolute Gasteiger partial charge is 0.355 e. The van der Waals surface area contributed by atoms with E-state index in [1.807, 2.05) is 80.9 Å². The highest BCUT2D eigenvalue weighted by Gasteiger charge is 2.44. The first kappa shape index (κ1) is 56.6. The summed E-state index contributed by atoms with van der Waals surface area (Å²) in [5.74, 6) is -4.63. The number of nitrogens with zero attached hydrogens (tertiary/aromatic N) is 5. The third-order valence-corrected chi connectivity index (χ3v) is 15.4. The number of pyridine rings is 1. The average molecular weight is 1110 g/mol. The number of nitrogens with two attached hydrogens (primary N) is 1. The monoisotopic (exact) mass is 1110 g/mol. The summed E-state index contributed by atoms with van der Waals surface area (Å²) in [6, 6.07) is 23.1. The van der Waals surface area contributed by atoms with Crippen LogP contribution in [-0.4, -0.2) is 93.0 Å². The van der Waals surface area contributed by atoms with Crippen molar-refractivity contribution in [2.24, 2.45) is 12.5 Å². The molecule has 0 radical (unpaired) electrons. The molecule has 17 nitrogen and oxygen atoms in total. The fraction of sp³-hybridized carbons (Fsp3) is 0.357. The SMILES string of the molecule is Cc1ncsc1-c1ccc(CNC(=O)[C@@H]2C[C@@H](O)CN2C(=O)[C@@H](NC(=O)CCCCCOc2ccc(-c3cnc(N)c4c(-c5ccc(NS(=O)(=O)C(F)F)c(O[C@@H](C)c6ccc(F)cc6)c5)nn(C)c34)cc2)C(C)(C)C)cc1. The lowest BCUT2D eigenvalue weighted by molar-refractivity contribution is -0.144. The predicted octanol–water partition coefficient (Wildman–Crippen LogP) is 9.31. The molecule has 0 saturated carbocycles. The lowest BCUT2D eigenvalue weighted by Gasteiger charge is -2.35. The van der Waals surface area contributed by atoms with E-state index in [-0.39, 0.29) is 55.0 Å². The lowest BCUT2D eigenvalue weighted by Crippen LogP contribution is -2.57. The van der Waals surface area contributed by atoms with Gasteiger partial charge in [-0.3, -0.25) is 23.8 Å². The van der Waals surface area contributed by atoms with Crippen molar-refractivity contribution in [1.29, 1.82) is 0 Å². The average Bonchev–Trinajstić information content (AvgIpc) is 4.17. The topological polar surface area (TPSA) is 233 Å². The van der Waals surface area contributed by atoms with Crippen molar-refractivity contribution in [3.8, 4) is 44.3 Å². The normalized spacial score (nSPS) is 15.6. The molecule has 4 aromatic carbocycles. The van der Waals surface area contributed by atoms with Gasteiger partial charge in [-0.15, -0.1) is 11.3 Å². The van der Waals surface area contributed by atoms with Crippen LogP contribution in [0.25, 0.3) is 43.7 Å². The number of nitrogens with one attached hydrogen (secondary N) is 3. The minimum Gasteiger partial charge on any atom is -0.494 e. The third kappa shape index (κ3) is 13.2. The van der Waals surface area contributed by atoms with Gasteiger partial charge >= 0.3 is 5.76 Å². The van der Waals surface area contributed by atoms with Crippen LogP contribution in [0.4, 0.5) is 24.7 Å². The second-order valence-electron chi connectivity index (χ2n) is 20.3. The van der Waals surface area contributed by atoms with Gasteiger partial charge in [-0.1, -0.05) is 75.4 Å². The number of aryl methyl sites for hydroxylation is 2. The number of rotatable bonds is 21. The molecular formula is C56H62F3N9O8S2. The van der Waals surface area contributed by atoms with Crippen molar-refractivity contribution in [3.05, 3.63) is 125 Å². The van der Waals surface area contributed by atoms with Crippen LogP contribution in [0.3, 0.4) is 0 Å². The van der Waals surface area contributed by atoms with Crippen molar-refractivity contribution in [1.82, 2.24) is 35.3 Å². The predicted molar refractivity (Wildman–Crippen MR) is 293 cm³/mol. The second kappa shape index (κ2) is 24.0. The standard InChI is InChI=1S/C56H62F3N9O8S2/c1-32-50(77-31-63-32)37-13-11-34(12-14-37)28-62-53(71)44-27-40(69)30-68(44)54(72)51(56(3,4)5)64-46(70)10-8-7-9-25-75-41-22-17-36(18-23-41)42-29-61-52(60)47-48(65-67(6)49(42)47)38-19-24-43(66-78(73,74)55(58)59)45(26-38)76-33(2)35-15-20-39(57)21-16-35/h11-24,26,29,31,33,40,44,51,55,66,69H,7-10,25,27-28,30H2,1-6H3,(H2,60,61)(H,62,71)(H,64,70)/t33-,40+,44-,51+/m0/s1. The summed E-state index contributed by atoms with van der Waals surface area (Å²) in [7, 11) is -3.36. The number of hydrogen-bond donors (Lipinski definition) is 5. The van der Waals surface area contributed by atoms with Crippen LogP contribution in [0, 0.1) is 18.2 Å². The number of anilines is 2. The van der Waals surface area contributed by atoms with E-state index in [2.05, 4.69) is 20.6 Å². The molecule has 0 bridgehead atoms. The molecule has 4 heterocycles. The number of halogens is 3. The number of β-amino-alcohol motifs (C(OH)–C–C–N with tert-alkyl or cyclic N) is 1. The number of aliphatic hydroxyl groups excluding tert-OH is 1. The number of ether oxygens (including phenoxy) is 2. The van der Waals surface area contributed by atoms with E-state index in [0.717, 1.165) is 27.3 Å². The number of likely N-dealkylation sites (tertiary alicyclic amines) is 1. The van der Waals surface area contributed by atoms with E-state index in [1.54, 1.807) is 41.7 Å². The van der Waals surface area contributed by atoms with Crippen LogP contribution < -0.4 is 30.6 Å². The van der Waals surface area contributed by atoms with E-state index >= 15 is 0 Å². The highest BCUT2D eigenvalue weighted by atomic mass is 32.2. The molecule has 1 saturated heterocycles. The molecule has 22 heteroatoms. The zero-order chi connectivity index (χ0) is 56.1. The van der Waals surface area contributed by atoms with Gasteiger partial charge in [0.05, 0.1) is 45.4 Å². The fourth-order valence-electron chi connectivity index (χ4n) is 9.29. The van der Waals surface area contributed by atoms with Gasteiger partial charge in [0.15, 0.2) is 0 Å². The lowest BCUT2D eigenvalue weighted by atomic mass is 9.85. The first-order valence-corrected chi connectivity index (χ1v) is 27.8. The molecule has 7 aromatic rings. The maximum atomic E-state index is 14.1. The molecule has 3 amide bonds. The number of hydrogen-bond acceptors (Lipinski definition) is 13. The van der Waals surface area contributed by atoms with E-state index in [9.17, 15) is 41.1 Å². The summed E-state index contributed by atoms with van der Waals surface area (Å²) in [6.07, 6.45) is 2.08. The van der Waals surface area contributed by atoms with Gasteiger partial charge in [-0.05, 0) is 97.2 Å². The summed E-state index contributed by atoms with van der Waals surface area (Å²) < 4.78 is 80.9. The van der Waals surface area contributed by atoms with Crippen molar-refractivity contribution >= 4 is 61.5 Å². The first-order chi connectivity index (χ1) is 37.1. The zero-order valence-electron chi connectivity index (χ0n) is 43.9. The van der Waals surface area contributed by atoms with Gasteiger partial charge < -0.3 is 35.8 Å². The molecule has 0 aliphatic carbocycles. The van der Waals surface area contributed by atoms with Crippen molar-refractivity contribution in [2.45, 2.75) is 103 Å². The highest BCUT2D eigenvalue weighted by molar-refractivity contribution is 7.93. The van der Waals surface area contributed by atoms with Crippen LogP contribution in [0.15, 0.2) is 103 Å². The number of benzene rings is 4. The molecule has 1 aliphatic heterocycles. The molecule has 0 spiro atoms. The summed E-state index contributed by atoms with van der Waals surface area (Å²) in [5.41, 5.74) is 13.6. The van der Waals surface area contributed by atoms with E-state index in [4.69, 9.17) is 20.3 Å². The number of nitrogen functional groups attached to an aromatic ring is 1. The van der Waals surface area contributed by atoms with Crippen LogP contribution in [-0.2, 0) is 38.0 Å². The largest absolute Gasteiger partial charge is 0.494 e. The summed E-state index contributed by atoms with van der Waals surface area (Å²) in [5, 5.41) is 21.7. The highest BCUT2D eigenvalue weighted by Crippen LogP contribution is 2.41. The van der Waals surface area contributed by atoms with E-state index < -0.39 is 57.2 Å². The van der Waals surface area contributed by atoms with Gasteiger partial charge in [0.25, 0.3) is 10.0 Å². The Morgan fingerprint density at radius 2 is 1.63 bits per heavy atom. The van der Waals surface area contributed by atoms with Crippen molar-refractivity contribution < 1.29 is 50.6 Å². The van der Waals surface area contributed by atoms with Crippen LogP contribution in [0.5, 0.6) is 11.5 Å². The molecular weight excluding hydrogens is 1050 g/mol. The number of carbonyl (C=O) groups is 3. The number of thiazole rings is 1. The molecule has 412 valence electrons. The Labute approximate surface area is 454 Å². The van der Waals surface area contributed by atoms with Gasteiger partial charge in [0, 0.05) is 50.3 Å². The Morgan fingerprint density at radius 1 is 0.936 bits per heavy atom. The summed E-state index contributed by atoms with van der Waals surface area (Å²) in [4.78, 5) is 52.2. The van der Waals surface area contributed by atoms with Crippen molar-refractivity contribution in [3.63, 3.8) is 0 Å². The Balaban J connectivity index is 0.849. The molecule has 3 aromatic heterocycles. The Kier molecular flexibility index (Phi) is 17.4. The number of sulfonamides is 1. The maximum Gasteiger partial charge on any atom is 0.355 e. The first-order valence-electron chi connectivity index (χ1n) is 25.3. The number of unbranched alkanes of at least 4 members (excludes halogenated alkanes) is 2. The number of amides is 3. The van der Waals surface area contributed by atoms with Gasteiger partial charge in [-0.25, -0.2) is 22.8 Å². The summed E-state index contributed by atoms with van der Waals surface area (Å²) >= 11 is 1.56. The van der Waals surface area contributed by atoms with Gasteiger partial charge in [-0.2, -0.15) is 13.9 Å². The number of aromatic nitrogens is 4. The third-order valence-electron chi connectivity index (χ3n) is 13.5. The quantitative estimate of drug-likeness (QED) is 0.0424.